The summed E-state index contributed by atoms with van der Waals surface area (Å²) in [6, 6.07) is 0. The number of carboxylic acid groups (broad SMARTS) is 3. The molecule has 0 aromatic carbocycles. The summed E-state index contributed by atoms with van der Waals surface area (Å²) in [4.78, 5) is 26.7. The Labute approximate surface area is 106 Å². The van der Waals surface area contributed by atoms with Crippen molar-refractivity contribution in [2.24, 2.45) is 0 Å². The standard InChI is InChI=1S/3C2H4O2.Dy/c3*1-2(3)4;/h3*1H3,(H,3,4);/q;;;+3/p-3. The molecule has 0 aliphatic carbocycles. The van der Waals surface area contributed by atoms with Gasteiger partial charge in [0.05, 0.1) is 0 Å². The summed E-state index contributed by atoms with van der Waals surface area (Å²) >= 11 is 0. The van der Waals surface area contributed by atoms with Crippen LogP contribution in [0.3, 0.4) is 0 Å². The van der Waals surface area contributed by atoms with Gasteiger partial charge in [-0.2, -0.15) is 0 Å². The van der Waals surface area contributed by atoms with Gasteiger partial charge < -0.3 is 29.7 Å². The average molecular weight is 340 g/mol. The zero-order valence-corrected chi connectivity index (χ0v) is 9.29. The van der Waals surface area contributed by atoms with Crippen LogP contribution in [-0.4, -0.2) is 17.9 Å². The second-order valence-electron chi connectivity index (χ2n) is 1.47. The van der Waals surface area contributed by atoms with E-state index in [-0.39, 0.29) is 38.2 Å². The molecule has 7 heteroatoms. The van der Waals surface area contributed by atoms with E-state index in [2.05, 4.69) is 0 Å². The van der Waals surface area contributed by atoms with Gasteiger partial charge in [-0.05, 0) is 20.8 Å². The SMILES string of the molecule is CC(=O)[O-].CC(=O)[O-].CC(=O)[O-].[Dy+3]. The molecular weight excluding hydrogens is 331 g/mol. The van der Waals surface area contributed by atoms with E-state index in [1.807, 2.05) is 0 Å². The van der Waals surface area contributed by atoms with E-state index in [4.69, 9.17) is 29.7 Å². The van der Waals surface area contributed by atoms with Crippen molar-refractivity contribution >= 4 is 17.9 Å². The zero-order valence-electron chi connectivity index (χ0n) is 7.27. The van der Waals surface area contributed by atoms with E-state index < -0.39 is 17.9 Å². The Balaban J connectivity index is -0.0000000450. The maximum atomic E-state index is 8.89. The molecule has 0 spiro atoms. The summed E-state index contributed by atoms with van der Waals surface area (Å²) in [5.41, 5.74) is 0. The topological polar surface area (TPSA) is 120 Å². The van der Waals surface area contributed by atoms with Crippen molar-refractivity contribution in [2.45, 2.75) is 20.8 Å². The van der Waals surface area contributed by atoms with Crippen LogP contribution in [-0.2, 0) is 14.4 Å². The fraction of sp³-hybridized carbons (Fsp3) is 0.500. The molecule has 0 aliphatic rings. The number of hydrogen-bond donors (Lipinski definition) is 0. The van der Waals surface area contributed by atoms with Gasteiger partial charge in [-0.3, -0.25) is 0 Å². The van der Waals surface area contributed by atoms with Gasteiger partial charge in [-0.15, -0.1) is 0 Å². The largest absolute Gasteiger partial charge is 3.00 e. The monoisotopic (exact) mass is 341 g/mol. The second-order valence-corrected chi connectivity index (χ2v) is 1.47. The van der Waals surface area contributed by atoms with Crippen LogP contribution in [0.5, 0.6) is 0 Å². The molecule has 1 radical (unpaired) electrons. The minimum atomic E-state index is -1.08. The minimum Gasteiger partial charge on any atom is -0.550 e. The van der Waals surface area contributed by atoms with Crippen LogP contribution in [0.1, 0.15) is 20.8 Å². The van der Waals surface area contributed by atoms with Crippen molar-refractivity contribution in [1.29, 1.82) is 0 Å². The van der Waals surface area contributed by atoms with Crippen molar-refractivity contribution in [1.82, 2.24) is 0 Å². The normalized spacial score (nSPS) is 5.77. The summed E-state index contributed by atoms with van der Waals surface area (Å²) in [6.07, 6.45) is 0. The third-order valence-corrected chi connectivity index (χ3v) is 0. The molecule has 0 aromatic rings. The molecule has 0 rings (SSSR count). The first kappa shape index (κ1) is 23.0. The van der Waals surface area contributed by atoms with Crippen molar-refractivity contribution in [2.75, 3.05) is 0 Å². The average Bonchev–Trinajstić information content (AvgIpc) is 1.54. The van der Waals surface area contributed by atoms with E-state index in [0.717, 1.165) is 20.8 Å². The Kier molecular flexibility index (Phi) is 31.2. The number of carbonyl (C=O) groups excluding carboxylic acids is 3. The van der Waals surface area contributed by atoms with Crippen LogP contribution in [0.2, 0.25) is 0 Å². The third kappa shape index (κ3) is 10900. The van der Waals surface area contributed by atoms with Crippen LogP contribution in [0.15, 0.2) is 0 Å². The van der Waals surface area contributed by atoms with Crippen LogP contribution >= 0.6 is 0 Å². The molecule has 13 heavy (non-hydrogen) atoms. The van der Waals surface area contributed by atoms with E-state index in [1.165, 1.54) is 0 Å². The van der Waals surface area contributed by atoms with Crippen LogP contribution in [0.4, 0.5) is 0 Å². The molecule has 0 unspecified atom stereocenters. The Morgan fingerprint density at radius 1 is 0.692 bits per heavy atom. The molecule has 0 aliphatic heterocycles. The molecule has 0 saturated carbocycles. The molecular formula is C6H9DyO6. The van der Waals surface area contributed by atoms with Gasteiger partial charge in [-0.25, -0.2) is 0 Å². The summed E-state index contributed by atoms with van der Waals surface area (Å²) < 4.78 is 0. The maximum Gasteiger partial charge on any atom is 3.00 e. The number of aliphatic carboxylic acids is 3. The molecule has 0 heterocycles. The minimum absolute atomic E-state index is 0. The quantitative estimate of drug-likeness (QED) is 0.447. The van der Waals surface area contributed by atoms with Crippen molar-refractivity contribution in [3.8, 4) is 0 Å². The number of rotatable bonds is 0. The van der Waals surface area contributed by atoms with Crippen molar-refractivity contribution in [3.05, 3.63) is 0 Å². The summed E-state index contributed by atoms with van der Waals surface area (Å²) in [7, 11) is 0. The molecule has 0 amide bonds. The van der Waals surface area contributed by atoms with Gasteiger partial charge in [0, 0.05) is 17.9 Å². The van der Waals surface area contributed by atoms with Crippen LogP contribution in [0, 0.1) is 38.2 Å². The van der Waals surface area contributed by atoms with Crippen LogP contribution < -0.4 is 15.3 Å². The van der Waals surface area contributed by atoms with Gasteiger partial charge in [0.2, 0.25) is 0 Å². The summed E-state index contributed by atoms with van der Waals surface area (Å²) in [5, 5.41) is 26.7. The molecule has 0 aromatic heterocycles. The third-order valence-electron chi connectivity index (χ3n) is 0. The first-order valence-corrected chi connectivity index (χ1v) is 2.72. The summed E-state index contributed by atoms with van der Waals surface area (Å²) in [5.74, 6) is -3.25. The fourth-order valence-electron chi connectivity index (χ4n) is 0. The zero-order chi connectivity index (χ0) is 10.7. The predicted octanol–water partition coefficient (Wildman–Crippen LogP) is -3.73. The Morgan fingerprint density at radius 2 is 0.692 bits per heavy atom. The molecule has 0 fully saturated rings. The second kappa shape index (κ2) is 17.7. The van der Waals surface area contributed by atoms with Gasteiger partial charge in [0.1, 0.15) is 0 Å². The smallest absolute Gasteiger partial charge is 0.550 e. The van der Waals surface area contributed by atoms with E-state index in [0.29, 0.717) is 0 Å². The van der Waals surface area contributed by atoms with Crippen molar-refractivity contribution in [3.63, 3.8) is 0 Å². The summed E-state index contributed by atoms with van der Waals surface area (Å²) in [6.45, 7) is 2.92. The number of carbonyl (C=O) groups is 3. The van der Waals surface area contributed by atoms with Gasteiger partial charge in [0.15, 0.2) is 0 Å². The van der Waals surface area contributed by atoms with Gasteiger partial charge in [-0.1, -0.05) is 0 Å². The molecule has 0 bridgehead atoms. The number of carboxylic acids is 3. The molecule has 0 N–H and O–H groups in total. The predicted molar refractivity (Wildman–Crippen MR) is 32.0 cm³/mol. The van der Waals surface area contributed by atoms with Crippen LogP contribution in [0.25, 0.3) is 0 Å². The first-order chi connectivity index (χ1) is 5.20. The first-order valence-electron chi connectivity index (χ1n) is 2.72. The maximum absolute atomic E-state index is 8.89. The molecule has 0 saturated heterocycles. The molecule has 6 nitrogen and oxygen atoms in total. The Morgan fingerprint density at radius 3 is 0.692 bits per heavy atom. The fourth-order valence-corrected chi connectivity index (χ4v) is 0. The van der Waals surface area contributed by atoms with Gasteiger partial charge >= 0.3 is 38.2 Å². The van der Waals surface area contributed by atoms with E-state index >= 15 is 0 Å². The Bertz CT molecular complexity index is 115. The van der Waals surface area contributed by atoms with E-state index in [1.54, 1.807) is 0 Å². The number of hydrogen-bond acceptors (Lipinski definition) is 6. The Hall–Kier alpha value is -0.317. The van der Waals surface area contributed by atoms with E-state index in [9.17, 15) is 0 Å². The molecule has 0 atom stereocenters. The van der Waals surface area contributed by atoms with Gasteiger partial charge in [0.25, 0.3) is 0 Å². The molecule has 79 valence electrons. The van der Waals surface area contributed by atoms with Crippen molar-refractivity contribution < 1.29 is 67.9 Å².